The SMILES string of the molecule is C#CC(C)(C)C.C/C(=C\Cc1ccccc1F)C(C)(C)C.CC(C)(C)C#CP(c1ccccc1)c1ccccc1F.Fc1ccccc1P(Cl)c1ccccc1. The van der Waals surface area contributed by atoms with Gasteiger partial charge in [0.05, 0.1) is 7.27 Å². The van der Waals surface area contributed by atoms with Gasteiger partial charge in [-0.1, -0.05) is 171 Å². The van der Waals surface area contributed by atoms with Gasteiger partial charge in [-0.2, -0.15) is 0 Å². The van der Waals surface area contributed by atoms with Gasteiger partial charge in [-0.3, -0.25) is 0 Å². The molecule has 0 radical (unpaired) electrons. The molecule has 0 bridgehead atoms. The first-order valence-corrected chi connectivity index (χ1v) is 22.1. The van der Waals surface area contributed by atoms with Gasteiger partial charge in [0.1, 0.15) is 17.5 Å². The zero-order valence-corrected chi connectivity index (χ0v) is 37.0. The Hall–Kier alpha value is -4.10. The van der Waals surface area contributed by atoms with Crippen LogP contribution >= 0.6 is 26.4 Å². The molecule has 0 spiro atoms. The Morgan fingerprint density at radius 3 is 1.43 bits per heavy atom. The maximum absolute atomic E-state index is 14.1. The molecule has 0 fully saturated rings. The molecule has 0 amide bonds. The molecule has 0 heterocycles. The molecule has 0 N–H and O–H groups in total. The van der Waals surface area contributed by atoms with Crippen LogP contribution in [0.4, 0.5) is 13.2 Å². The Labute approximate surface area is 343 Å². The van der Waals surface area contributed by atoms with E-state index in [2.05, 4.69) is 72.0 Å². The maximum Gasteiger partial charge on any atom is 0.132 e. The van der Waals surface area contributed by atoms with Crippen molar-refractivity contribution in [3.63, 3.8) is 0 Å². The summed E-state index contributed by atoms with van der Waals surface area (Å²) in [5.41, 5.74) is 5.53. The summed E-state index contributed by atoms with van der Waals surface area (Å²) >= 11 is 6.26. The molecule has 0 saturated carbocycles. The minimum Gasteiger partial charge on any atom is -0.207 e. The minimum atomic E-state index is -1.09. The van der Waals surface area contributed by atoms with Crippen molar-refractivity contribution in [2.75, 3.05) is 0 Å². The predicted octanol–water partition coefficient (Wildman–Crippen LogP) is 13.7. The molecule has 5 rings (SSSR count). The van der Waals surface area contributed by atoms with Crippen LogP contribution in [0.25, 0.3) is 0 Å². The van der Waals surface area contributed by atoms with Gasteiger partial charge >= 0.3 is 0 Å². The van der Waals surface area contributed by atoms with Gasteiger partial charge < -0.3 is 0 Å². The monoisotopic (exact) mass is 810 g/mol. The van der Waals surface area contributed by atoms with E-state index in [0.717, 1.165) is 16.2 Å². The van der Waals surface area contributed by atoms with Crippen LogP contribution in [0.1, 0.15) is 74.8 Å². The van der Waals surface area contributed by atoms with Crippen LogP contribution in [-0.2, 0) is 6.42 Å². The molecular weight excluding hydrogens is 755 g/mol. The summed E-state index contributed by atoms with van der Waals surface area (Å²) in [6.45, 7) is 20.8. The average molecular weight is 811 g/mol. The number of hydrogen-bond donors (Lipinski definition) is 0. The molecular formula is C50H56ClF3P2. The van der Waals surface area contributed by atoms with Gasteiger partial charge in [-0.25, -0.2) is 13.2 Å². The van der Waals surface area contributed by atoms with Crippen LogP contribution in [0, 0.1) is 57.6 Å². The number of hydrogen-bond acceptors (Lipinski definition) is 0. The lowest BCUT2D eigenvalue weighted by Gasteiger charge is -2.19. The number of terminal acetylenes is 1. The fourth-order valence-electron chi connectivity index (χ4n) is 4.24. The van der Waals surface area contributed by atoms with Crippen LogP contribution in [0.3, 0.4) is 0 Å². The summed E-state index contributed by atoms with van der Waals surface area (Å²) in [4.78, 5) is 0. The molecule has 0 aliphatic carbocycles. The molecule has 6 heteroatoms. The van der Waals surface area contributed by atoms with Gasteiger partial charge in [-0.05, 0) is 94.7 Å². The van der Waals surface area contributed by atoms with Crippen molar-refractivity contribution in [1.82, 2.24) is 0 Å². The lowest BCUT2D eigenvalue weighted by atomic mass is 9.87. The molecule has 2 atom stereocenters. The van der Waals surface area contributed by atoms with E-state index in [0.29, 0.717) is 17.0 Å². The van der Waals surface area contributed by atoms with Crippen molar-refractivity contribution in [1.29, 1.82) is 0 Å². The quantitative estimate of drug-likeness (QED) is 0.0910. The second-order valence-corrected chi connectivity index (χ2v) is 20.5. The van der Waals surface area contributed by atoms with Crippen molar-refractivity contribution in [2.45, 2.75) is 75.7 Å². The maximum atomic E-state index is 14.1. The third-order valence-corrected chi connectivity index (χ3v) is 12.6. The topological polar surface area (TPSA) is 0 Å². The lowest BCUT2D eigenvalue weighted by Crippen LogP contribution is -2.14. The smallest absolute Gasteiger partial charge is 0.132 e. The highest BCUT2D eigenvalue weighted by molar-refractivity contribution is 7.95. The summed E-state index contributed by atoms with van der Waals surface area (Å²) < 4.78 is 40.9. The molecule has 0 aromatic heterocycles. The molecule has 56 heavy (non-hydrogen) atoms. The summed E-state index contributed by atoms with van der Waals surface area (Å²) in [5.74, 6) is 5.34. The summed E-state index contributed by atoms with van der Waals surface area (Å²) in [6, 6.07) is 40.1. The van der Waals surface area contributed by atoms with Crippen LogP contribution in [0.5, 0.6) is 0 Å². The van der Waals surface area contributed by atoms with E-state index in [-0.39, 0.29) is 33.7 Å². The van der Waals surface area contributed by atoms with E-state index in [1.54, 1.807) is 30.3 Å². The largest absolute Gasteiger partial charge is 0.207 e. The molecule has 5 aromatic rings. The van der Waals surface area contributed by atoms with Crippen LogP contribution in [-0.4, -0.2) is 0 Å². The number of allylic oxidation sites excluding steroid dienone is 2. The van der Waals surface area contributed by atoms with Crippen molar-refractivity contribution >= 4 is 47.7 Å². The number of halogens is 4. The highest BCUT2D eigenvalue weighted by Gasteiger charge is 2.17. The Morgan fingerprint density at radius 2 is 1.00 bits per heavy atom. The summed E-state index contributed by atoms with van der Waals surface area (Å²) in [7, 11) is -2.07. The Kier molecular flexibility index (Phi) is 19.9. The fraction of sp³-hybridized carbons (Fsp3) is 0.280. The third kappa shape index (κ3) is 18.2. The van der Waals surface area contributed by atoms with Crippen molar-refractivity contribution in [3.05, 3.63) is 168 Å². The first-order valence-electron chi connectivity index (χ1n) is 18.5. The van der Waals surface area contributed by atoms with E-state index in [1.165, 1.54) is 23.8 Å². The molecule has 0 nitrogen and oxygen atoms in total. The molecule has 0 aliphatic heterocycles. The van der Waals surface area contributed by atoms with Gasteiger partial charge in [-0.15, -0.1) is 12.3 Å². The molecule has 5 aromatic carbocycles. The Morgan fingerprint density at radius 1 is 0.589 bits per heavy atom. The first kappa shape index (κ1) is 48.0. The molecule has 294 valence electrons. The van der Waals surface area contributed by atoms with Gasteiger partial charge in [0.2, 0.25) is 0 Å². The molecule has 2 unspecified atom stereocenters. The van der Waals surface area contributed by atoms with Crippen LogP contribution < -0.4 is 21.2 Å². The van der Waals surface area contributed by atoms with Gasteiger partial charge in [0.25, 0.3) is 0 Å². The Bertz CT molecular complexity index is 2050. The van der Waals surface area contributed by atoms with E-state index < -0.39 is 15.2 Å². The second kappa shape index (κ2) is 23.2. The number of benzene rings is 5. The molecule has 0 saturated heterocycles. The molecule has 0 aliphatic rings. The lowest BCUT2D eigenvalue weighted by molar-refractivity contribution is 0.501. The van der Waals surface area contributed by atoms with E-state index in [9.17, 15) is 13.2 Å². The zero-order valence-electron chi connectivity index (χ0n) is 34.5. The normalized spacial score (nSPS) is 12.3. The van der Waals surface area contributed by atoms with E-state index in [1.807, 2.05) is 106 Å². The minimum absolute atomic E-state index is 0.0694. The van der Waals surface area contributed by atoms with Crippen molar-refractivity contribution in [2.24, 2.45) is 16.2 Å². The highest BCUT2D eigenvalue weighted by Crippen LogP contribution is 2.39. The Balaban J connectivity index is 0.000000273. The van der Waals surface area contributed by atoms with Gasteiger partial charge in [0.15, 0.2) is 0 Å². The van der Waals surface area contributed by atoms with Crippen molar-refractivity contribution < 1.29 is 13.2 Å². The predicted molar refractivity (Wildman–Crippen MR) is 243 cm³/mol. The first-order chi connectivity index (χ1) is 26.2. The fourth-order valence-corrected chi connectivity index (χ4v) is 8.15. The average Bonchev–Trinajstić information content (AvgIpc) is 3.15. The summed E-state index contributed by atoms with van der Waals surface area (Å²) in [6.07, 6.45) is 7.84. The standard InChI is InChI=1S/C18H18FP.C14H19F.C12H9ClFP.C6H10/c1-18(2,3)13-14-20(15-9-5-4-6-10-15)17-12-8-7-11-16(17)19;1-11(14(2,3)4)9-10-12-7-5-6-8-13(12)15;13-15(10-6-2-1-3-7-10)12-9-5-4-8-11(12)14;1-5-6(2,3)4/h4-12H,1-3H3;5-9H,10H2,1-4H3;1-9H;1H,2-4H3/b;11-9+;;. The highest BCUT2D eigenvalue weighted by atomic mass is 35.7. The van der Waals surface area contributed by atoms with E-state index in [4.69, 9.17) is 17.7 Å². The zero-order chi connectivity index (χ0) is 41.9. The summed E-state index contributed by atoms with van der Waals surface area (Å²) in [5, 5.41) is 3.34. The van der Waals surface area contributed by atoms with Crippen LogP contribution in [0.2, 0.25) is 0 Å². The second-order valence-electron chi connectivity index (χ2n) is 16.0. The third-order valence-electron chi connectivity index (χ3n) is 7.90. The van der Waals surface area contributed by atoms with Crippen molar-refractivity contribution in [3.8, 4) is 23.9 Å². The van der Waals surface area contributed by atoms with Crippen LogP contribution in [0.15, 0.2) is 145 Å². The number of rotatable bonds is 6. The van der Waals surface area contributed by atoms with E-state index >= 15 is 0 Å². The van der Waals surface area contributed by atoms with Gasteiger partial charge in [0, 0.05) is 29.4 Å².